The van der Waals surface area contributed by atoms with Crippen LogP contribution in [0.4, 0.5) is 4.39 Å². The quantitative estimate of drug-likeness (QED) is 0.740. The van der Waals surface area contributed by atoms with Gasteiger partial charge in [0.05, 0.1) is 0 Å². The molecular formula is C14H13FO. The number of benzene rings is 1. The Balaban J connectivity index is 2.17. The average Bonchev–Trinajstić information content (AvgIpc) is 2.30. The molecule has 1 aliphatic carbocycles. The highest BCUT2D eigenvalue weighted by Crippen LogP contribution is 2.24. The van der Waals surface area contributed by atoms with Gasteiger partial charge in [-0.3, -0.25) is 4.79 Å². The van der Waals surface area contributed by atoms with Gasteiger partial charge in [-0.05, 0) is 36.6 Å². The summed E-state index contributed by atoms with van der Waals surface area (Å²) in [5, 5.41) is 0. The molecule has 1 unspecified atom stereocenters. The zero-order chi connectivity index (χ0) is 11.5. The van der Waals surface area contributed by atoms with Crippen LogP contribution in [0.3, 0.4) is 0 Å². The van der Waals surface area contributed by atoms with Gasteiger partial charge in [0.2, 0.25) is 0 Å². The van der Waals surface area contributed by atoms with Gasteiger partial charge in [-0.1, -0.05) is 30.4 Å². The van der Waals surface area contributed by atoms with Gasteiger partial charge >= 0.3 is 0 Å². The second-order valence-electron chi connectivity index (χ2n) is 3.98. The van der Waals surface area contributed by atoms with Crippen molar-refractivity contribution in [1.82, 2.24) is 0 Å². The van der Waals surface area contributed by atoms with Crippen molar-refractivity contribution in [3.63, 3.8) is 0 Å². The summed E-state index contributed by atoms with van der Waals surface area (Å²) in [6.45, 7) is 1.60. The number of hydrogen-bond donors (Lipinski definition) is 0. The van der Waals surface area contributed by atoms with E-state index in [4.69, 9.17) is 0 Å². The van der Waals surface area contributed by atoms with Gasteiger partial charge < -0.3 is 0 Å². The Labute approximate surface area is 94.3 Å². The Morgan fingerprint density at radius 3 is 2.50 bits per heavy atom. The van der Waals surface area contributed by atoms with Crippen LogP contribution < -0.4 is 0 Å². The smallest absolute Gasteiger partial charge is 0.136 e. The summed E-state index contributed by atoms with van der Waals surface area (Å²) in [4.78, 5) is 11.2. The monoisotopic (exact) mass is 216 g/mol. The zero-order valence-electron chi connectivity index (χ0n) is 9.11. The van der Waals surface area contributed by atoms with Gasteiger partial charge in [0.15, 0.2) is 0 Å². The summed E-state index contributed by atoms with van der Waals surface area (Å²) in [5.74, 6) is -0.0411. The Hall–Kier alpha value is -1.70. The first-order valence-electron chi connectivity index (χ1n) is 5.31. The van der Waals surface area contributed by atoms with Crippen molar-refractivity contribution in [2.24, 2.45) is 5.92 Å². The van der Waals surface area contributed by atoms with Crippen molar-refractivity contribution in [2.75, 3.05) is 0 Å². The fraction of sp³-hybridized carbons (Fsp3) is 0.214. The third-order valence-corrected chi connectivity index (χ3v) is 2.80. The lowest BCUT2D eigenvalue weighted by atomic mass is 9.91. The van der Waals surface area contributed by atoms with Crippen LogP contribution in [-0.2, 0) is 4.79 Å². The molecule has 82 valence electrons. The van der Waals surface area contributed by atoms with Crippen LogP contribution in [0.15, 0.2) is 42.5 Å². The average molecular weight is 216 g/mol. The number of halogens is 1. The van der Waals surface area contributed by atoms with Crippen LogP contribution in [0, 0.1) is 11.7 Å². The molecule has 0 fully saturated rings. The summed E-state index contributed by atoms with van der Waals surface area (Å²) in [6, 6.07) is 6.39. The van der Waals surface area contributed by atoms with Crippen LogP contribution in [-0.4, -0.2) is 5.78 Å². The highest BCUT2D eigenvalue weighted by molar-refractivity contribution is 5.84. The molecule has 0 N–H and O–H groups in total. The van der Waals surface area contributed by atoms with Crippen LogP contribution in [0.25, 0.3) is 5.57 Å². The third kappa shape index (κ3) is 2.27. The first kappa shape index (κ1) is 10.8. The number of Topliss-reactive ketones (excluding diaryl/α,β-unsaturated/α-hetero) is 1. The number of ketones is 1. The molecule has 0 bridgehead atoms. The van der Waals surface area contributed by atoms with E-state index in [2.05, 4.69) is 0 Å². The molecule has 0 radical (unpaired) electrons. The molecule has 0 saturated heterocycles. The van der Waals surface area contributed by atoms with E-state index in [1.54, 1.807) is 19.1 Å². The molecule has 2 rings (SSSR count). The summed E-state index contributed by atoms with van der Waals surface area (Å²) in [6.07, 6.45) is 6.61. The SMILES string of the molecule is CC(=O)C1C=CC(c2ccc(F)cc2)=CC1. The fourth-order valence-corrected chi connectivity index (χ4v) is 1.78. The van der Waals surface area contributed by atoms with Crippen molar-refractivity contribution < 1.29 is 9.18 Å². The molecule has 1 aliphatic rings. The third-order valence-electron chi connectivity index (χ3n) is 2.80. The molecule has 0 heterocycles. The lowest BCUT2D eigenvalue weighted by molar-refractivity contribution is -0.119. The molecule has 1 atom stereocenters. The molecule has 0 amide bonds. The largest absolute Gasteiger partial charge is 0.299 e. The van der Waals surface area contributed by atoms with Gasteiger partial charge in [0.25, 0.3) is 0 Å². The number of carbonyl (C=O) groups is 1. The van der Waals surface area contributed by atoms with Gasteiger partial charge in [0, 0.05) is 5.92 Å². The molecule has 0 saturated carbocycles. The van der Waals surface area contributed by atoms with E-state index in [9.17, 15) is 9.18 Å². The first-order valence-corrected chi connectivity index (χ1v) is 5.31. The first-order chi connectivity index (χ1) is 7.66. The molecular weight excluding hydrogens is 203 g/mol. The summed E-state index contributed by atoms with van der Waals surface area (Å²) < 4.78 is 12.7. The van der Waals surface area contributed by atoms with Crippen LogP contribution in [0.2, 0.25) is 0 Å². The lowest BCUT2D eigenvalue weighted by Crippen LogP contribution is -2.09. The van der Waals surface area contributed by atoms with Gasteiger partial charge in [-0.15, -0.1) is 0 Å². The van der Waals surface area contributed by atoms with Crippen molar-refractivity contribution in [3.05, 3.63) is 53.9 Å². The maximum Gasteiger partial charge on any atom is 0.136 e. The number of carbonyl (C=O) groups excluding carboxylic acids is 1. The Kier molecular flexibility index (Phi) is 3.00. The number of allylic oxidation sites excluding steroid dienone is 4. The molecule has 1 nitrogen and oxygen atoms in total. The van der Waals surface area contributed by atoms with Gasteiger partial charge in [0.1, 0.15) is 11.6 Å². The Morgan fingerprint density at radius 2 is 2.00 bits per heavy atom. The maximum atomic E-state index is 12.7. The Bertz CT molecular complexity index is 454. The van der Waals surface area contributed by atoms with Gasteiger partial charge in [-0.2, -0.15) is 0 Å². The molecule has 0 spiro atoms. The molecule has 1 aromatic rings. The minimum atomic E-state index is -0.231. The van der Waals surface area contributed by atoms with E-state index >= 15 is 0 Å². The van der Waals surface area contributed by atoms with Crippen molar-refractivity contribution in [3.8, 4) is 0 Å². The maximum absolute atomic E-state index is 12.7. The van der Waals surface area contributed by atoms with Crippen molar-refractivity contribution in [2.45, 2.75) is 13.3 Å². The zero-order valence-corrected chi connectivity index (χ0v) is 9.11. The molecule has 2 heteroatoms. The fourth-order valence-electron chi connectivity index (χ4n) is 1.78. The molecule has 0 aliphatic heterocycles. The predicted molar refractivity (Wildman–Crippen MR) is 62.3 cm³/mol. The minimum absolute atomic E-state index is 0.00389. The number of hydrogen-bond acceptors (Lipinski definition) is 1. The predicted octanol–water partition coefficient (Wildman–Crippen LogP) is 3.37. The Morgan fingerprint density at radius 1 is 1.31 bits per heavy atom. The van der Waals surface area contributed by atoms with E-state index in [1.165, 1.54) is 12.1 Å². The van der Waals surface area contributed by atoms with Crippen LogP contribution >= 0.6 is 0 Å². The van der Waals surface area contributed by atoms with E-state index in [0.29, 0.717) is 0 Å². The summed E-state index contributed by atoms with van der Waals surface area (Å²) in [7, 11) is 0. The topological polar surface area (TPSA) is 17.1 Å². The van der Waals surface area contributed by atoms with Crippen molar-refractivity contribution >= 4 is 11.4 Å². The highest BCUT2D eigenvalue weighted by Gasteiger charge is 2.13. The normalized spacial score (nSPS) is 19.4. The van der Waals surface area contributed by atoms with E-state index < -0.39 is 0 Å². The summed E-state index contributed by atoms with van der Waals surface area (Å²) >= 11 is 0. The highest BCUT2D eigenvalue weighted by atomic mass is 19.1. The summed E-state index contributed by atoms with van der Waals surface area (Å²) in [5.41, 5.74) is 2.04. The molecule has 1 aromatic carbocycles. The van der Waals surface area contributed by atoms with E-state index in [0.717, 1.165) is 17.6 Å². The van der Waals surface area contributed by atoms with Crippen molar-refractivity contribution in [1.29, 1.82) is 0 Å². The lowest BCUT2D eigenvalue weighted by Gasteiger charge is -2.13. The van der Waals surface area contributed by atoms with Crippen LogP contribution in [0.5, 0.6) is 0 Å². The number of rotatable bonds is 2. The standard InChI is InChI=1S/C14H13FO/c1-10(16)11-2-4-12(5-3-11)13-6-8-14(15)9-7-13/h2,4-9,11H,3H2,1H3. The van der Waals surface area contributed by atoms with Crippen LogP contribution in [0.1, 0.15) is 18.9 Å². The molecule has 0 aromatic heterocycles. The minimum Gasteiger partial charge on any atom is -0.299 e. The van der Waals surface area contributed by atoms with E-state index in [-0.39, 0.29) is 17.5 Å². The second kappa shape index (κ2) is 4.44. The molecule has 16 heavy (non-hydrogen) atoms. The second-order valence-corrected chi connectivity index (χ2v) is 3.98. The van der Waals surface area contributed by atoms with E-state index in [1.807, 2.05) is 18.2 Å². The van der Waals surface area contributed by atoms with Gasteiger partial charge in [-0.25, -0.2) is 4.39 Å².